The minimum absolute atomic E-state index is 0. The minimum atomic E-state index is -4.60. The van der Waals surface area contributed by atoms with E-state index < -0.39 is 22.8 Å². The second kappa shape index (κ2) is 11.4. The van der Waals surface area contributed by atoms with Crippen molar-refractivity contribution in [2.75, 3.05) is 26.1 Å². The Hall–Kier alpha value is -2.36. The number of anilines is 1. The standard InChI is InChI=1S/C25H29ClF3N3O3.ClH/c1-34-20-6-3-15(11-21(20)35-2)14-24-8-7-17(13-22(24)30-10-9-24)32-23(33)31-16-4-5-19(26)18(12-16)25(27,28)29;/h3-6,11-12,17,22,30H,7-10,13-14H2,1-2H3,(H2,31,32,33);1H/t17-,22+,24-;/m1./s1. The number of hydrogen-bond acceptors (Lipinski definition) is 4. The fourth-order valence-electron chi connectivity index (χ4n) is 5.38. The Labute approximate surface area is 219 Å². The molecule has 2 aromatic carbocycles. The van der Waals surface area contributed by atoms with Crippen LogP contribution in [0.5, 0.6) is 11.5 Å². The lowest BCUT2D eigenvalue weighted by atomic mass is 9.66. The molecule has 1 saturated heterocycles. The molecule has 6 nitrogen and oxygen atoms in total. The lowest BCUT2D eigenvalue weighted by Crippen LogP contribution is -2.50. The zero-order valence-corrected chi connectivity index (χ0v) is 21.6. The number of carbonyl (C=O) groups is 1. The SMILES string of the molecule is COc1ccc(C[C@@]23CCN[C@H]2C[C@H](NC(=O)Nc2ccc(Cl)c(C(F)(F)F)c2)CC3)cc1OC.Cl. The van der Waals surface area contributed by atoms with Gasteiger partial charge in [-0.1, -0.05) is 17.7 Å². The van der Waals surface area contributed by atoms with Gasteiger partial charge in [-0.05, 0) is 80.0 Å². The molecular formula is C25H30Cl2F3N3O3. The van der Waals surface area contributed by atoms with Gasteiger partial charge in [0.25, 0.3) is 0 Å². The molecule has 1 aliphatic heterocycles. The Bertz CT molecular complexity index is 1090. The van der Waals surface area contributed by atoms with Crippen molar-refractivity contribution in [3.05, 3.63) is 52.5 Å². The van der Waals surface area contributed by atoms with Gasteiger partial charge in [-0.15, -0.1) is 12.4 Å². The maximum Gasteiger partial charge on any atom is 0.417 e. The quantitative estimate of drug-likeness (QED) is 0.411. The third-order valence-electron chi connectivity index (χ3n) is 7.13. The van der Waals surface area contributed by atoms with Crippen LogP contribution in [-0.2, 0) is 12.6 Å². The molecule has 2 fully saturated rings. The van der Waals surface area contributed by atoms with Gasteiger partial charge < -0.3 is 25.4 Å². The van der Waals surface area contributed by atoms with Crippen molar-refractivity contribution in [2.24, 2.45) is 5.41 Å². The van der Waals surface area contributed by atoms with E-state index in [9.17, 15) is 18.0 Å². The molecule has 1 heterocycles. The van der Waals surface area contributed by atoms with Gasteiger partial charge in [-0.25, -0.2) is 4.79 Å². The maximum absolute atomic E-state index is 13.1. The van der Waals surface area contributed by atoms with Gasteiger partial charge >= 0.3 is 12.2 Å². The number of amides is 2. The second-order valence-corrected chi connectivity index (χ2v) is 9.65. The predicted molar refractivity (Wildman–Crippen MR) is 136 cm³/mol. The number of hydrogen-bond donors (Lipinski definition) is 3. The van der Waals surface area contributed by atoms with Crippen LogP contribution >= 0.6 is 24.0 Å². The van der Waals surface area contributed by atoms with Crippen LogP contribution in [0.1, 0.15) is 36.8 Å². The molecule has 11 heteroatoms. The Balaban J connectivity index is 0.00000361. The lowest BCUT2D eigenvalue weighted by Gasteiger charge is -2.42. The van der Waals surface area contributed by atoms with Crippen LogP contribution in [0, 0.1) is 5.41 Å². The van der Waals surface area contributed by atoms with Crippen molar-refractivity contribution in [1.82, 2.24) is 10.6 Å². The van der Waals surface area contributed by atoms with Gasteiger partial charge in [0.15, 0.2) is 11.5 Å². The predicted octanol–water partition coefficient (Wildman–Crippen LogP) is 6.06. The number of urea groups is 1. The summed E-state index contributed by atoms with van der Waals surface area (Å²) >= 11 is 5.66. The van der Waals surface area contributed by atoms with E-state index in [2.05, 4.69) is 22.0 Å². The summed E-state index contributed by atoms with van der Waals surface area (Å²) in [5.41, 5.74) is 0.303. The van der Waals surface area contributed by atoms with Crippen LogP contribution in [0.25, 0.3) is 0 Å². The molecule has 2 aromatic rings. The van der Waals surface area contributed by atoms with Gasteiger partial charge in [-0.2, -0.15) is 13.2 Å². The summed E-state index contributed by atoms with van der Waals surface area (Å²) in [6.07, 6.45) is -0.226. The number of carbonyl (C=O) groups excluding carboxylic acids is 1. The summed E-state index contributed by atoms with van der Waals surface area (Å²) in [7, 11) is 3.23. The van der Waals surface area contributed by atoms with E-state index in [-0.39, 0.29) is 35.6 Å². The summed E-state index contributed by atoms with van der Waals surface area (Å²) < 4.78 is 50.1. The molecule has 0 bridgehead atoms. The van der Waals surface area contributed by atoms with E-state index in [0.717, 1.165) is 50.8 Å². The largest absolute Gasteiger partial charge is 0.493 e. The maximum atomic E-state index is 13.1. The van der Waals surface area contributed by atoms with Gasteiger partial charge in [0.1, 0.15) is 0 Å². The highest BCUT2D eigenvalue weighted by molar-refractivity contribution is 6.31. The monoisotopic (exact) mass is 547 g/mol. The fraction of sp³-hybridized carbons (Fsp3) is 0.480. The number of halogens is 5. The van der Waals surface area contributed by atoms with Crippen molar-refractivity contribution in [1.29, 1.82) is 0 Å². The Morgan fingerprint density at radius 2 is 1.89 bits per heavy atom. The average Bonchev–Trinajstić information content (AvgIpc) is 3.22. The average molecular weight is 548 g/mol. The Kier molecular flexibility index (Phi) is 8.90. The van der Waals surface area contributed by atoms with E-state index >= 15 is 0 Å². The first-order chi connectivity index (χ1) is 16.6. The van der Waals surface area contributed by atoms with Crippen LogP contribution in [0.15, 0.2) is 36.4 Å². The lowest BCUT2D eigenvalue weighted by molar-refractivity contribution is -0.137. The molecule has 36 heavy (non-hydrogen) atoms. The molecule has 2 aliphatic rings. The molecular weight excluding hydrogens is 518 g/mol. The van der Waals surface area contributed by atoms with Crippen molar-refractivity contribution in [3.8, 4) is 11.5 Å². The second-order valence-electron chi connectivity index (χ2n) is 9.25. The van der Waals surface area contributed by atoms with Crippen molar-refractivity contribution < 1.29 is 27.4 Å². The number of ether oxygens (including phenoxy) is 2. The van der Waals surface area contributed by atoms with Crippen LogP contribution in [0.2, 0.25) is 5.02 Å². The van der Waals surface area contributed by atoms with E-state index in [1.807, 2.05) is 12.1 Å². The molecule has 1 aliphatic carbocycles. The van der Waals surface area contributed by atoms with E-state index in [0.29, 0.717) is 11.5 Å². The highest BCUT2D eigenvalue weighted by atomic mass is 35.5. The van der Waals surface area contributed by atoms with Crippen molar-refractivity contribution in [3.63, 3.8) is 0 Å². The molecule has 0 unspecified atom stereocenters. The Morgan fingerprint density at radius 3 is 2.58 bits per heavy atom. The zero-order chi connectivity index (χ0) is 25.2. The summed E-state index contributed by atoms with van der Waals surface area (Å²) in [5.74, 6) is 1.39. The number of rotatable bonds is 6. The summed E-state index contributed by atoms with van der Waals surface area (Å²) in [5, 5.41) is 8.61. The molecule has 3 N–H and O–H groups in total. The van der Waals surface area contributed by atoms with E-state index in [1.165, 1.54) is 11.6 Å². The van der Waals surface area contributed by atoms with Crippen LogP contribution in [-0.4, -0.2) is 38.9 Å². The van der Waals surface area contributed by atoms with E-state index in [1.54, 1.807) is 14.2 Å². The van der Waals surface area contributed by atoms with Crippen LogP contribution in [0.4, 0.5) is 23.7 Å². The van der Waals surface area contributed by atoms with Crippen molar-refractivity contribution >= 4 is 35.7 Å². The van der Waals surface area contributed by atoms with Crippen molar-refractivity contribution in [2.45, 2.75) is 50.4 Å². The molecule has 4 rings (SSSR count). The first kappa shape index (κ1) is 28.2. The number of methoxy groups -OCH3 is 2. The number of fused-ring (bicyclic) bond motifs is 1. The van der Waals surface area contributed by atoms with Gasteiger partial charge in [0, 0.05) is 17.8 Å². The first-order valence-electron chi connectivity index (χ1n) is 11.5. The molecule has 0 radical (unpaired) electrons. The topological polar surface area (TPSA) is 71.6 Å². The molecule has 3 atom stereocenters. The molecule has 0 spiro atoms. The molecule has 1 saturated carbocycles. The van der Waals surface area contributed by atoms with Crippen LogP contribution < -0.4 is 25.4 Å². The number of alkyl halides is 3. The number of benzene rings is 2. The highest BCUT2D eigenvalue weighted by Crippen LogP contribution is 2.46. The Morgan fingerprint density at radius 1 is 1.14 bits per heavy atom. The summed E-state index contributed by atoms with van der Waals surface area (Å²) in [4.78, 5) is 12.5. The zero-order valence-electron chi connectivity index (χ0n) is 20.0. The summed E-state index contributed by atoms with van der Waals surface area (Å²) in [6.45, 7) is 0.905. The number of nitrogens with one attached hydrogen (secondary N) is 3. The molecule has 2 amide bonds. The molecule has 0 aromatic heterocycles. The van der Waals surface area contributed by atoms with Gasteiger partial charge in [0.2, 0.25) is 0 Å². The van der Waals surface area contributed by atoms with Crippen LogP contribution in [0.3, 0.4) is 0 Å². The smallest absolute Gasteiger partial charge is 0.417 e. The molecule has 198 valence electrons. The van der Waals surface area contributed by atoms with E-state index in [4.69, 9.17) is 21.1 Å². The summed E-state index contributed by atoms with van der Waals surface area (Å²) in [6, 6.07) is 8.93. The van der Waals surface area contributed by atoms with Gasteiger partial charge in [-0.3, -0.25) is 0 Å². The minimum Gasteiger partial charge on any atom is -0.493 e. The fourth-order valence-corrected chi connectivity index (χ4v) is 5.61. The first-order valence-corrected chi connectivity index (χ1v) is 11.9. The highest BCUT2D eigenvalue weighted by Gasteiger charge is 2.46. The third-order valence-corrected chi connectivity index (χ3v) is 7.46. The normalized spacial score (nSPS) is 23.3. The third kappa shape index (κ3) is 6.12. The van der Waals surface area contributed by atoms with Gasteiger partial charge in [0.05, 0.1) is 24.8 Å².